The molecule has 1 N–H and O–H groups in total. The first-order valence-corrected chi connectivity index (χ1v) is 9.48. The minimum Gasteiger partial charge on any atom is -0.343 e. The molecule has 1 heterocycles. The predicted octanol–water partition coefficient (Wildman–Crippen LogP) is 2.85. The molecule has 1 saturated heterocycles. The Hall–Kier alpha value is -1.59. The van der Waals surface area contributed by atoms with Gasteiger partial charge >= 0.3 is 0 Å². The summed E-state index contributed by atoms with van der Waals surface area (Å²) in [6.07, 6.45) is 1.44. The van der Waals surface area contributed by atoms with E-state index in [9.17, 15) is 9.59 Å². The van der Waals surface area contributed by atoms with E-state index in [2.05, 4.69) is 5.32 Å². The number of nitrogens with zero attached hydrogens (tertiary/aromatic N) is 2. The molecule has 0 aliphatic carbocycles. The third kappa shape index (κ3) is 5.44. The largest absolute Gasteiger partial charge is 0.343 e. The van der Waals surface area contributed by atoms with Crippen LogP contribution < -0.4 is 5.32 Å². The minimum atomic E-state index is -0.00145. The van der Waals surface area contributed by atoms with E-state index in [4.69, 9.17) is 11.6 Å². The quantitative estimate of drug-likeness (QED) is 0.808. The first-order valence-electron chi connectivity index (χ1n) is 9.10. The Morgan fingerprint density at radius 2 is 2.04 bits per heavy atom. The van der Waals surface area contributed by atoms with E-state index in [0.29, 0.717) is 30.8 Å². The highest BCUT2D eigenvalue weighted by atomic mass is 35.5. The van der Waals surface area contributed by atoms with E-state index >= 15 is 0 Å². The maximum Gasteiger partial charge on any atom is 0.223 e. The van der Waals surface area contributed by atoms with Crippen molar-refractivity contribution in [3.05, 3.63) is 34.9 Å². The zero-order chi connectivity index (χ0) is 18.2. The highest BCUT2D eigenvalue weighted by molar-refractivity contribution is 6.30. The average molecular weight is 366 g/mol. The summed E-state index contributed by atoms with van der Waals surface area (Å²) in [6, 6.07) is 7.68. The second-order valence-electron chi connectivity index (χ2n) is 6.28. The number of carbonyl (C=O) groups excluding carboxylic acids is 2. The molecule has 6 heteroatoms. The summed E-state index contributed by atoms with van der Waals surface area (Å²) in [6.45, 7) is 7.59. The van der Waals surface area contributed by atoms with E-state index in [-0.39, 0.29) is 17.9 Å². The second-order valence-corrected chi connectivity index (χ2v) is 6.72. The molecule has 0 spiro atoms. The van der Waals surface area contributed by atoms with Crippen molar-refractivity contribution in [2.45, 2.75) is 39.2 Å². The molecule has 0 bridgehead atoms. The van der Waals surface area contributed by atoms with Crippen LogP contribution in [0, 0.1) is 0 Å². The zero-order valence-corrected chi connectivity index (χ0v) is 15.9. The molecular weight excluding hydrogens is 338 g/mol. The van der Waals surface area contributed by atoms with Crippen molar-refractivity contribution < 1.29 is 9.59 Å². The molecule has 5 nitrogen and oxygen atoms in total. The average Bonchev–Trinajstić information content (AvgIpc) is 2.62. The molecule has 138 valence electrons. The summed E-state index contributed by atoms with van der Waals surface area (Å²) in [4.78, 5) is 28.5. The van der Waals surface area contributed by atoms with Gasteiger partial charge in [-0.05, 0) is 38.0 Å². The Balaban J connectivity index is 1.93. The smallest absolute Gasteiger partial charge is 0.223 e. The Morgan fingerprint density at radius 1 is 1.28 bits per heavy atom. The predicted molar refractivity (Wildman–Crippen MR) is 101 cm³/mol. The second kappa shape index (κ2) is 9.78. The van der Waals surface area contributed by atoms with Gasteiger partial charge < -0.3 is 15.1 Å². The number of benzene rings is 1. The molecule has 1 unspecified atom stereocenters. The lowest BCUT2D eigenvalue weighted by Gasteiger charge is -2.36. The molecule has 1 aliphatic heterocycles. The zero-order valence-electron chi connectivity index (χ0n) is 15.1. The molecule has 0 radical (unpaired) electrons. The van der Waals surface area contributed by atoms with E-state index in [1.54, 1.807) is 0 Å². The number of nitrogens with one attached hydrogen (secondary N) is 1. The fourth-order valence-corrected chi connectivity index (χ4v) is 3.48. The lowest BCUT2D eigenvalue weighted by Crippen LogP contribution is -2.48. The fraction of sp³-hybridized carbons (Fsp3) is 0.579. The topological polar surface area (TPSA) is 52.7 Å². The fourth-order valence-electron chi connectivity index (χ4n) is 3.28. The van der Waals surface area contributed by atoms with Gasteiger partial charge in [0.2, 0.25) is 11.8 Å². The van der Waals surface area contributed by atoms with Gasteiger partial charge in [0.25, 0.3) is 0 Å². The number of amides is 2. The Morgan fingerprint density at radius 3 is 2.72 bits per heavy atom. The van der Waals surface area contributed by atoms with Crippen LogP contribution in [0.2, 0.25) is 5.02 Å². The van der Waals surface area contributed by atoms with Gasteiger partial charge in [0.15, 0.2) is 0 Å². The van der Waals surface area contributed by atoms with Crippen molar-refractivity contribution in [2.24, 2.45) is 0 Å². The monoisotopic (exact) mass is 365 g/mol. The molecule has 0 aromatic heterocycles. The molecule has 1 aromatic rings. The van der Waals surface area contributed by atoms with E-state index in [0.717, 1.165) is 31.7 Å². The van der Waals surface area contributed by atoms with Crippen LogP contribution in [0.15, 0.2) is 24.3 Å². The summed E-state index contributed by atoms with van der Waals surface area (Å²) in [7, 11) is 0. The van der Waals surface area contributed by atoms with Gasteiger partial charge in [-0.3, -0.25) is 9.59 Å². The number of hydrogen-bond acceptors (Lipinski definition) is 3. The van der Waals surface area contributed by atoms with Crippen LogP contribution in [0.25, 0.3) is 0 Å². The van der Waals surface area contributed by atoms with Crippen molar-refractivity contribution in [2.75, 3.05) is 32.7 Å². The van der Waals surface area contributed by atoms with Crippen LogP contribution in [0.3, 0.4) is 0 Å². The van der Waals surface area contributed by atoms with Gasteiger partial charge in [-0.1, -0.05) is 23.7 Å². The highest BCUT2D eigenvalue weighted by Gasteiger charge is 2.27. The van der Waals surface area contributed by atoms with Crippen molar-refractivity contribution in [3.8, 4) is 0 Å². The first kappa shape index (κ1) is 19.7. The van der Waals surface area contributed by atoms with Crippen molar-refractivity contribution in [1.29, 1.82) is 0 Å². The summed E-state index contributed by atoms with van der Waals surface area (Å²) in [5, 5.41) is 4.03. The van der Waals surface area contributed by atoms with Crippen molar-refractivity contribution >= 4 is 23.4 Å². The van der Waals surface area contributed by atoms with Gasteiger partial charge in [0, 0.05) is 50.6 Å². The molecule has 1 aromatic carbocycles. The molecule has 2 rings (SSSR count). The van der Waals surface area contributed by atoms with E-state index < -0.39 is 0 Å². The van der Waals surface area contributed by atoms with Crippen LogP contribution in [0.1, 0.15) is 44.7 Å². The molecular formula is C19H28ClN3O2. The normalized spacial score (nSPS) is 17.4. The summed E-state index contributed by atoms with van der Waals surface area (Å²) >= 11 is 6.10. The molecule has 2 amide bonds. The number of carbonyl (C=O) groups is 2. The van der Waals surface area contributed by atoms with Crippen LogP contribution in [-0.2, 0) is 9.59 Å². The van der Waals surface area contributed by atoms with Gasteiger partial charge in [0.05, 0.1) is 6.04 Å². The molecule has 1 fully saturated rings. The number of hydrogen-bond donors (Lipinski definition) is 1. The van der Waals surface area contributed by atoms with Gasteiger partial charge in [-0.25, -0.2) is 0 Å². The van der Waals surface area contributed by atoms with E-state index in [1.807, 2.05) is 47.9 Å². The number of rotatable bonds is 7. The first-order chi connectivity index (χ1) is 12.1. The van der Waals surface area contributed by atoms with Gasteiger partial charge in [-0.2, -0.15) is 0 Å². The standard InChI is InChI=1S/C19H28ClN3O2/c1-3-22(4-2)18(24)9-6-10-19(25)23-12-11-21-14-17(23)15-7-5-8-16(20)13-15/h5,7-8,13,17,21H,3-4,6,9-12,14H2,1-2H3. The summed E-state index contributed by atoms with van der Waals surface area (Å²) < 4.78 is 0. The third-order valence-electron chi connectivity index (χ3n) is 4.69. The van der Waals surface area contributed by atoms with Crippen molar-refractivity contribution in [3.63, 3.8) is 0 Å². The Kier molecular flexibility index (Phi) is 7.72. The van der Waals surface area contributed by atoms with Gasteiger partial charge in [-0.15, -0.1) is 0 Å². The Labute approximate surface area is 155 Å². The lowest BCUT2D eigenvalue weighted by molar-refractivity contribution is -0.135. The summed E-state index contributed by atoms with van der Waals surface area (Å²) in [5.41, 5.74) is 1.05. The third-order valence-corrected chi connectivity index (χ3v) is 4.93. The molecule has 0 saturated carbocycles. The minimum absolute atomic E-state index is 0.00145. The van der Waals surface area contributed by atoms with E-state index in [1.165, 1.54) is 0 Å². The highest BCUT2D eigenvalue weighted by Crippen LogP contribution is 2.25. The molecule has 1 atom stereocenters. The maximum atomic E-state index is 12.7. The van der Waals surface area contributed by atoms with Crippen LogP contribution in [0.5, 0.6) is 0 Å². The molecule has 25 heavy (non-hydrogen) atoms. The molecule has 1 aliphatic rings. The SMILES string of the molecule is CCN(CC)C(=O)CCCC(=O)N1CCNCC1c1cccc(Cl)c1. The summed E-state index contributed by atoms with van der Waals surface area (Å²) in [5.74, 6) is 0.239. The van der Waals surface area contributed by atoms with Crippen LogP contribution in [-0.4, -0.2) is 54.3 Å². The van der Waals surface area contributed by atoms with Crippen LogP contribution >= 0.6 is 11.6 Å². The number of piperazine rings is 1. The van der Waals surface area contributed by atoms with Gasteiger partial charge in [0.1, 0.15) is 0 Å². The van der Waals surface area contributed by atoms with Crippen LogP contribution in [0.4, 0.5) is 0 Å². The lowest BCUT2D eigenvalue weighted by atomic mass is 10.0. The number of halogens is 1. The maximum absolute atomic E-state index is 12.7. The van der Waals surface area contributed by atoms with Crippen molar-refractivity contribution in [1.82, 2.24) is 15.1 Å². The Bertz CT molecular complexity index is 590.